The summed E-state index contributed by atoms with van der Waals surface area (Å²) in [5.74, 6) is 0.554. The van der Waals surface area contributed by atoms with E-state index in [1.54, 1.807) is 30.3 Å². The summed E-state index contributed by atoms with van der Waals surface area (Å²) in [6, 6.07) is 7.93. The summed E-state index contributed by atoms with van der Waals surface area (Å²) >= 11 is 0. The van der Waals surface area contributed by atoms with E-state index in [9.17, 15) is 14.0 Å². The molecule has 0 saturated carbocycles. The second-order valence-electron chi connectivity index (χ2n) is 7.94. The molecule has 1 aliphatic rings. The van der Waals surface area contributed by atoms with Gasteiger partial charge in [-0.1, -0.05) is 12.1 Å². The number of amides is 2. The van der Waals surface area contributed by atoms with Gasteiger partial charge in [-0.25, -0.2) is 14.4 Å². The summed E-state index contributed by atoms with van der Waals surface area (Å²) in [6.45, 7) is 3.68. The molecule has 2 amide bonds. The molecule has 0 N–H and O–H groups in total. The minimum absolute atomic E-state index is 0.00417. The van der Waals surface area contributed by atoms with Crippen molar-refractivity contribution in [2.75, 3.05) is 45.2 Å². The predicted molar refractivity (Wildman–Crippen MR) is 112 cm³/mol. The van der Waals surface area contributed by atoms with Gasteiger partial charge in [-0.15, -0.1) is 0 Å². The molecule has 0 spiro atoms. The topological polar surface area (TPSA) is 69.6 Å². The zero-order valence-electron chi connectivity index (χ0n) is 17.7. The average Bonchev–Trinajstić information content (AvgIpc) is 2.93. The smallest absolute Gasteiger partial charge is 0.227 e. The van der Waals surface area contributed by atoms with E-state index < -0.39 is 0 Å². The van der Waals surface area contributed by atoms with Gasteiger partial charge in [0.25, 0.3) is 0 Å². The average molecular weight is 413 g/mol. The fourth-order valence-corrected chi connectivity index (χ4v) is 3.67. The lowest BCUT2D eigenvalue weighted by Gasteiger charge is -2.24. The van der Waals surface area contributed by atoms with Gasteiger partial charge in [0.15, 0.2) is 0 Å². The maximum absolute atomic E-state index is 13.1. The summed E-state index contributed by atoms with van der Waals surface area (Å²) < 4.78 is 13.1. The third-order valence-electron chi connectivity index (χ3n) is 5.33. The van der Waals surface area contributed by atoms with Crippen LogP contribution in [0.15, 0.2) is 36.7 Å². The van der Waals surface area contributed by atoms with Crippen LogP contribution in [0.5, 0.6) is 0 Å². The molecule has 1 atom stereocenters. The number of anilines is 1. The largest absolute Gasteiger partial charge is 0.363 e. The Morgan fingerprint density at radius 2 is 1.77 bits per heavy atom. The molecule has 7 nitrogen and oxygen atoms in total. The van der Waals surface area contributed by atoms with E-state index in [0.717, 1.165) is 17.1 Å². The number of hydrogen-bond acceptors (Lipinski definition) is 5. The third-order valence-corrected chi connectivity index (χ3v) is 5.33. The van der Waals surface area contributed by atoms with E-state index >= 15 is 0 Å². The summed E-state index contributed by atoms with van der Waals surface area (Å²) in [5, 5.41) is 0. The Morgan fingerprint density at radius 1 is 1.10 bits per heavy atom. The zero-order chi connectivity index (χ0) is 21.7. The molecule has 30 heavy (non-hydrogen) atoms. The number of rotatable bonds is 5. The lowest BCUT2D eigenvalue weighted by molar-refractivity contribution is -0.132. The van der Waals surface area contributed by atoms with E-state index in [-0.39, 0.29) is 30.0 Å². The number of aromatic nitrogens is 2. The Bertz CT molecular complexity index is 887. The molecule has 0 unspecified atom stereocenters. The fraction of sp³-hybridized carbons (Fsp3) is 0.455. The van der Waals surface area contributed by atoms with Gasteiger partial charge in [-0.2, -0.15) is 0 Å². The highest BCUT2D eigenvalue weighted by molar-refractivity contribution is 5.79. The van der Waals surface area contributed by atoms with Crippen molar-refractivity contribution >= 4 is 17.6 Å². The molecule has 0 bridgehead atoms. The maximum atomic E-state index is 13.1. The summed E-state index contributed by atoms with van der Waals surface area (Å²) in [7, 11) is 3.84. The number of halogens is 1. The van der Waals surface area contributed by atoms with Crippen molar-refractivity contribution in [3.05, 3.63) is 53.7 Å². The second kappa shape index (κ2) is 9.65. The first kappa shape index (κ1) is 21.7. The normalized spacial score (nSPS) is 16.9. The zero-order valence-corrected chi connectivity index (χ0v) is 17.7. The lowest BCUT2D eigenvalue weighted by atomic mass is 10.0. The van der Waals surface area contributed by atoms with Gasteiger partial charge in [-0.3, -0.25) is 9.59 Å². The Hall–Kier alpha value is -3.03. The number of nitrogens with zero attached hydrogens (tertiary/aromatic N) is 5. The molecule has 3 rings (SSSR count). The Kier molecular flexibility index (Phi) is 6.97. The van der Waals surface area contributed by atoms with Crippen LogP contribution in [0.4, 0.5) is 10.2 Å². The van der Waals surface area contributed by atoms with Crippen molar-refractivity contribution in [2.45, 2.75) is 19.8 Å². The molecule has 0 radical (unpaired) electrons. The number of hydrogen-bond donors (Lipinski definition) is 0. The molecule has 1 aromatic carbocycles. The van der Waals surface area contributed by atoms with Crippen molar-refractivity contribution in [3.8, 4) is 0 Å². The van der Waals surface area contributed by atoms with Crippen molar-refractivity contribution < 1.29 is 14.0 Å². The van der Waals surface area contributed by atoms with Crippen LogP contribution in [0.1, 0.15) is 18.2 Å². The first-order valence-corrected chi connectivity index (χ1v) is 10.1. The quantitative estimate of drug-likeness (QED) is 0.747. The monoisotopic (exact) mass is 413 g/mol. The molecule has 2 aromatic rings. The first-order chi connectivity index (χ1) is 14.3. The highest BCUT2D eigenvalue weighted by Crippen LogP contribution is 2.18. The molecule has 8 heteroatoms. The van der Waals surface area contributed by atoms with Crippen LogP contribution < -0.4 is 4.90 Å². The van der Waals surface area contributed by atoms with E-state index in [1.165, 1.54) is 12.1 Å². The van der Waals surface area contributed by atoms with Crippen molar-refractivity contribution in [2.24, 2.45) is 5.92 Å². The van der Waals surface area contributed by atoms with Crippen LogP contribution in [0, 0.1) is 11.7 Å². The van der Waals surface area contributed by atoms with Gasteiger partial charge in [0.05, 0.1) is 6.42 Å². The van der Waals surface area contributed by atoms with E-state index in [2.05, 4.69) is 9.97 Å². The predicted octanol–water partition coefficient (Wildman–Crippen LogP) is 1.77. The maximum Gasteiger partial charge on any atom is 0.227 e. The van der Waals surface area contributed by atoms with Crippen LogP contribution in [-0.2, 0) is 22.4 Å². The molecular weight excluding hydrogens is 385 g/mol. The van der Waals surface area contributed by atoms with Gasteiger partial charge in [0, 0.05) is 59.0 Å². The molecule has 1 saturated heterocycles. The highest BCUT2D eigenvalue weighted by Gasteiger charge is 2.27. The lowest BCUT2D eigenvalue weighted by Crippen LogP contribution is -2.37. The van der Waals surface area contributed by atoms with Crippen LogP contribution >= 0.6 is 0 Å². The summed E-state index contributed by atoms with van der Waals surface area (Å²) in [4.78, 5) is 39.1. The molecular formula is C22H28FN5O2. The fourth-order valence-electron chi connectivity index (χ4n) is 3.67. The van der Waals surface area contributed by atoms with Crippen LogP contribution in [-0.4, -0.2) is 71.9 Å². The van der Waals surface area contributed by atoms with Crippen LogP contribution in [0.25, 0.3) is 0 Å². The highest BCUT2D eigenvalue weighted by atomic mass is 19.1. The van der Waals surface area contributed by atoms with Gasteiger partial charge < -0.3 is 14.7 Å². The molecule has 160 valence electrons. The molecule has 2 heterocycles. The minimum atomic E-state index is -0.319. The van der Waals surface area contributed by atoms with E-state index in [0.29, 0.717) is 32.6 Å². The van der Waals surface area contributed by atoms with Crippen molar-refractivity contribution in [1.82, 2.24) is 19.8 Å². The molecule has 1 fully saturated rings. The first-order valence-electron chi connectivity index (χ1n) is 10.1. The van der Waals surface area contributed by atoms with Crippen LogP contribution in [0.2, 0.25) is 0 Å². The summed E-state index contributed by atoms with van der Waals surface area (Å²) in [5.41, 5.74) is 1.66. The number of carbonyl (C=O) groups excluding carboxylic acids is 2. The van der Waals surface area contributed by atoms with E-state index in [4.69, 9.17) is 0 Å². The van der Waals surface area contributed by atoms with E-state index in [1.807, 2.05) is 30.0 Å². The number of carbonyl (C=O) groups is 2. The minimum Gasteiger partial charge on any atom is -0.363 e. The Balaban J connectivity index is 1.74. The van der Waals surface area contributed by atoms with Gasteiger partial charge in [-0.05, 0) is 30.0 Å². The van der Waals surface area contributed by atoms with Crippen molar-refractivity contribution in [1.29, 1.82) is 0 Å². The SMILES string of the molecule is CC(=O)N1CCN(C(=O)Cc2ccc(F)cc2)C[C@@H](Cc2cc(N(C)C)ncn2)C1. The number of benzene rings is 1. The molecule has 1 aromatic heterocycles. The molecule has 1 aliphatic heterocycles. The van der Waals surface area contributed by atoms with Crippen molar-refractivity contribution in [3.63, 3.8) is 0 Å². The second-order valence-corrected chi connectivity index (χ2v) is 7.94. The Morgan fingerprint density at radius 3 is 2.43 bits per heavy atom. The van der Waals surface area contributed by atoms with Gasteiger partial charge in [0.2, 0.25) is 11.8 Å². The Labute approximate surface area is 176 Å². The standard InChI is InChI=1S/C22H28FN5O2/c1-16(29)27-8-9-28(22(30)11-17-4-6-19(23)7-5-17)14-18(13-27)10-20-12-21(26(2)3)25-15-24-20/h4-7,12,15,18H,8-11,13-14H2,1-3H3/t18-/m0/s1. The third kappa shape index (κ3) is 5.75. The summed E-state index contributed by atoms with van der Waals surface area (Å²) in [6.07, 6.45) is 2.40. The van der Waals surface area contributed by atoms with Gasteiger partial charge >= 0.3 is 0 Å². The van der Waals surface area contributed by atoms with Crippen LogP contribution in [0.3, 0.4) is 0 Å². The van der Waals surface area contributed by atoms with Gasteiger partial charge in [0.1, 0.15) is 18.0 Å². The molecule has 0 aliphatic carbocycles.